The average molecular weight is 304 g/mol. The number of carbonyl (C=O) groups is 1. The lowest BCUT2D eigenvalue weighted by molar-refractivity contribution is -0.132. The van der Waals surface area contributed by atoms with Gasteiger partial charge >= 0.3 is 0 Å². The van der Waals surface area contributed by atoms with Crippen molar-refractivity contribution >= 4 is 5.91 Å². The lowest BCUT2D eigenvalue weighted by atomic mass is 10.0. The second-order valence-electron chi connectivity index (χ2n) is 6.46. The summed E-state index contributed by atoms with van der Waals surface area (Å²) in [6.07, 6.45) is 9.35. The van der Waals surface area contributed by atoms with Crippen LogP contribution in [0.15, 0.2) is 12.4 Å². The van der Waals surface area contributed by atoms with Gasteiger partial charge in [-0.3, -0.25) is 9.69 Å². The molecule has 122 valence electrons. The molecule has 0 spiro atoms. The van der Waals surface area contributed by atoms with Crippen molar-refractivity contribution in [1.29, 1.82) is 0 Å². The third-order valence-corrected chi connectivity index (χ3v) is 5.27. The van der Waals surface area contributed by atoms with Gasteiger partial charge in [0.15, 0.2) is 0 Å². The van der Waals surface area contributed by atoms with Gasteiger partial charge in [-0.25, -0.2) is 4.98 Å². The van der Waals surface area contributed by atoms with Crippen molar-refractivity contribution in [1.82, 2.24) is 19.4 Å². The molecular formula is C17H28N4O. The van der Waals surface area contributed by atoms with E-state index < -0.39 is 0 Å². The van der Waals surface area contributed by atoms with Gasteiger partial charge in [0.2, 0.25) is 5.91 Å². The van der Waals surface area contributed by atoms with Gasteiger partial charge in [0.25, 0.3) is 0 Å². The Hall–Kier alpha value is -1.36. The van der Waals surface area contributed by atoms with Gasteiger partial charge in [0, 0.05) is 44.0 Å². The molecule has 0 radical (unpaired) electrons. The normalized spacial score (nSPS) is 26.0. The Balaban J connectivity index is 1.71. The molecule has 3 rings (SSSR count). The molecule has 0 bridgehead atoms. The minimum atomic E-state index is 0.324. The van der Waals surface area contributed by atoms with Gasteiger partial charge < -0.3 is 9.47 Å². The van der Waals surface area contributed by atoms with E-state index in [2.05, 4.69) is 32.5 Å². The first kappa shape index (κ1) is 15.5. The topological polar surface area (TPSA) is 41.4 Å². The maximum absolute atomic E-state index is 12.2. The second-order valence-corrected chi connectivity index (χ2v) is 6.46. The lowest BCUT2D eigenvalue weighted by Crippen LogP contribution is -2.48. The summed E-state index contributed by atoms with van der Waals surface area (Å²) in [5, 5.41) is 0. The fourth-order valence-corrected chi connectivity index (χ4v) is 4.15. The molecule has 0 aromatic carbocycles. The molecule has 2 aliphatic rings. The first-order chi connectivity index (χ1) is 10.7. The minimum absolute atomic E-state index is 0.324. The van der Waals surface area contributed by atoms with E-state index >= 15 is 0 Å². The van der Waals surface area contributed by atoms with Crippen LogP contribution in [0, 0.1) is 0 Å². The van der Waals surface area contributed by atoms with E-state index in [9.17, 15) is 4.79 Å². The fourth-order valence-electron chi connectivity index (χ4n) is 4.15. The van der Waals surface area contributed by atoms with E-state index in [-0.39, 0.29) is 0 Å². The van der Waals surface area contributed by atoms with Crippen LogP contribution in [-0.4, -0.2) is 50.4 Å². The fraction of sp³-hybridized carbons (Fsp3) is 0.765. The lowest BCUT2D eigenvalue weighted by Gasteiger charge is -2.35. The number of likely N-dealkylation sites (tertiary alicyclic amines) is 2. The zero-order valence-electron chi connectivity index (χ0n) is 13.9. The van der Waals surface area contributed by atoms with Crippen LogP contribution in [-0.2, 0) is 17.9 Å². The summed E-state index contributed by atoms with van der Waals surface area (Å²) in [5.41, 5.74) is 0. The number of hydrogen-bond donors (Lipinski definition) is 0. The highest BCUT2D eigenvalue weighted by molar-refractivity contribution is 5.76. The molecule has 2 saturated heterocycles. The largest absolute Gasteiger partial charge is 0.338 e. The van der Waals surface area contributed by atoms with Gasteiger partial charge in [-0.15, -0.1) is 0 Å². The summed E-state index contributed by atoms with van der Waals surface area (Å²) in [5.74, 6) is 1.48. The van der Waals surface area contributed by atoms with Crippen LogP contribution < -0.4 is 0 Å². The van der Waals surface area contributed by atoms with E-state index in [0.29, 0.717) is 24.4 Å². The van der Waals surface area contributed by atoms with Gasteiger partial charge in [0.05, 0.1) is 6.54 Å². The number of nitrogens with zero attached hydrogens (tertiary/aromatic N) is 4. The monoisotopic (exact) mass is 304 g/mol. The molecule has 2 atom stereocenters. The molecule has 2 fully saturated rings. The maximum Gasteiger partial charge on any atom is 0.222 e. The summed E-state index contributed by atoms with van der Waals surface area (Å²) in [6, 6.07) is 0.931. The van der Waals surface area contributed by atoms with Crippen LogP contribution in [0.4, 0.5) is 0 Å². The smallest absolute Gasteiger partial charge is 0.222 e. The zero-order valence-corrected chi connectivity index (χ0v) is 13.9. The van der Waals surface area contributed by atoms with Crippen LogP contribution in [0.25, 0.3) is 0 Å². The van der Waals surface area contributed by atoms with E-state index in [1.165, 1.54) is 12.8 Å². The number of hydrogen-bond acceptors (Lipinski definition) is 3. The standard InChI is InChI=1S/C17H28N4O/c1-3-17(22)21-11-6-8-15(21)14-7-5-10-20(14)13-16-18-9-12-19(16)4-2/h9,12,14-15H,3-8,10-11,13H2,1-2H3/t14-,15+/m1/s1. The summed E-state index contributed by atoms with van der Waals surface area (Å²) >= 11 is 0. The van der Waals surface area contributed by atoms with Crippen molar-refractivity contribution in [3.63, 3.8) is 0 Å². The number of rotatable bonds is 5. The van der Waals surface area contributed by atoms with Crippen molar-refractivity contribution in [2.75, 3.05) is 13.1 Å². The van der Waals surface area contributed by atoms with Gasteiger partial charge in [-0.1, -0.05) is 6.92 Å². The van der Waals surface area contributed by atoms with Crippen LogP contribution >= 0.6 is 0 Å². The molecule has 1 aromatic rings. The maximum atomic E-state index is 12.2. The summed E-state index contributed by atoms with van der Waals surface area (Å²) in [7, 11) is 0. The summed E-state index contributed by atoms with van der Waals surface area (Å²) in [4.78, 5) is 21.4. The zero-order chi connectivity index (χ0) is 15.5. The molecule has 5 nitrogen and oxygen atoms in total. The first-order valence-electron chi connectivity index (χ1n) is 8.78. The van der Waals surface area contributed by atoms with Crippen molar-refractivity contribution in [2.45, 2.75) is 71.1 Å². The average Bonchev–Trinajstić information content (AvgIpc) is 3.26. The Morgan fingerprint density at radius 1 is 1.23 bits per heavy atom. The van der Waals surface area contributed by atoms with Crippen LogP contribution in [0.1, 0.15) is 51.8 Å². The summed E-state index contributed by atoms with van der Waals surface area (Å²) in [6.45, 7) is 8.10. The molecule has 2 aliphatic heterocycles. The Morgan fingerprint density at radius 2 is 2.00 bits per heavy atom. The molecular weight excluding hydrogens is 276 g/mol. The Labute approximate surface area is 133 Å². The molecule has 0 saturated carbocycles. The van der Waals surface area contributed by atoms with Crippen molar-refractivity contribution < 1.29 is 4.79 Å². The van der Waals surface area contributed by atoms with E-state index in [1.807, 2.05) is 13.1 Å². The predicted molar refractivity (Wildman–Crippen MR) is 86.4 cm³/mol. The van der Waals surface area contributed by atoms with Gasteiger partial charge in [0.1, 0.15) is 5.82 Å². The van der Waals surface area contributed by atoms with E-state index in [1.54, 1.807) is 0 Å². The molecule has 3 heterocycles. The van der Waals surface area contributed by atoms with Crippen LogP contribution in [0.3, 0.4) is 0 Å². The number of amides is 1. The Bertz CT molecular complexity index is 513. The highest BCUT2D eigenvalue weighted by atomic mass is 16.2. The third kappa shape index (κ3) is 2.91. The molecule has 5 heteroatoms. The predicted octanol–water partition coefficient (Wildman–Crippen LogP) is 2.27. The van der Waals surface area contributed by atoms with E-state index in [0.717, 1.165) is 44.8 Å². The number of aromatic nitrogens is 2. The second kappa shape index (κ2) is 6.82. The van der Waals surface area contributed by atoms with Crippen LogP contribution in [0.5, 0.6) is 0 Å². The molecule has 1 aromatic heterocycles. The molecule has 22 heavy (non-hydrogen) atoms. The highest BCUT2D eigenvalue weighted by Gasteiger charge is 2.39. The van der Waals surface area contributed by atoms with Crippen molar-refractivity contribution in [2.24, 2.45) is 0 Å². The molecule has 1 amide bonds. The van der Waals surface area contributed by atoms with Crippen LogP contribution in [0.2, 0.25) is 0 Å². The number of carbonyl (C=O) groups excluding carboxylic acids is 1. The summed E-state index contributed by atoms with van der Waals surface area (Å²) < 4.78 is 2.22. The van der Waals surface area contributed by atoms with Crippen molar-refractivity contribution in [3.05, 3.63) is 18.2 Å². The first-order valence-corrected chi connectivity index (χ1v) is 8.78. The number of aryl methyl sites for hydroxylation is 1. The SMILES string of the molecule is CCC(=O)N1CCC[C@H]1[C@H]1CCCN1Cc1nccn1CC. The Morgan fingerprint density at radius 3 is 2.77 bits per heavy atom. The molecule has 0 aliphatic carbocycles. The third-order valence-electron chi connectivity index (χ3n) is 5.27. The Kier molecular flexibility index (Phi) is 4.81. The highest BCUT2D eigenvalue weighted by Crippen LogP contribution is 2.31. The van der Waals surface area contributed by atoms with E-state index in [4.69, 9.17) is 0 Å². The van der Waals surface area contributed by atoms with Gasteiger partial charge in [-0.2, -0.15) is 0 Å². The number of imidazole rings is 1. The van der Waals surface area contributed by atoms with Crippen molar-refractivity contribution in [3.8, 4) is 0 Å². The quantitative estimate of drug-likeness (QED) is 0.838. The molecule has 0 N–H and O–H groups in total. The minimum Gasteiger partial charge on any atom is -0.338 e. The molecule has 0 unspecified atom stereocenters. The van der Waals surface area contributed by atoms with Gasteiger partial charge in [-0.05, 0) is 39.2 Å².